The number of hydrogen-bond donors (Lipinski definition) is 0. The van der Waals surface area contributed by atoms with Gasteiger partial charge in [0.1, 0.15) is 0 Å². The number of aromatic nitrogens is 2. The van der Waals surface area contributed by atoms with Gasteiger partial charge in [-0.2, -0.15) is 0 Å². The van der Waals surface area contributed by atoms with Crippen LogP contribution in [0.5, 0.6) is 0 Å². The zero-order chi connectivity index (χ0) is 33.9. The molecule has 0 amide bonds. The molecule has 0 fully saturated rings. The number of benzene rings is 8. The van der Waals surface area contributed by atoms with E-state index in [0.717, 1.165) is 12.8 Å². The first-order valence-corrected chi connectivity index (χ1v) is 18.3. The second kappa shape index (κ2) is 10.4. The average Bonchev–Trinajstić information content (AvgIpc) is 3.94. The zero-order valence-electron chi connectivity index (χ0n) is 28.5. The van der Waals surface area contributed by atoms with E-state index in [1.807, 2.05) is 0 Å². The summed E-state index contributed by atoms with van der Waals surface area (Å²) in [6, 6.07) is 63.4. The number of fused-ring (bicyclic) bond motifs is 12. The van der Waals surface area contributed by atoms with E-state index in [2.05, 4.69) is 179 Å². The molecular formula is C50H32N2. The van der Waals surface area contributed by atoms with Crippen LogP contribution in [0.3, 0.4) is 0 Å². The van der Waals surface area contributed by atoms with Gasteiger partial charge in [-0.05, 0) is 129 Å². The first-order valence-electron chi connectivity index (χ1n) is 18.3. The molecule has 2 aliphatic carbocycles. The summed E-state index contributed by atoms with van der Waals surface area (Å²) in [5.41, 5.74) is 20.9. The van der Waals surface area contributed by atoms with Gasteiger partial charge in [0.2, 0.25) is 0 Å². The summed E-state index contributed by atoms with van der Waals surface area (Å²) in [5.74, 6) is 0. The molecule has 0 aliphatic heterocycles. The summed E-state index contributed by atoms with van der Waals surface area (Å²) in [5, 5.41) is 5.11. The SMILES string of the molecule is c1ccc2c(c1)Cc1cc(-n3c4ccccc4c4cc(-c5ccc6c(c5)c5ccccc5n6-c5ccc6c(c5)Cc5ccccc5-6)ccc43)ccc1-2. The standard InChI is InChI=1S/C50H32N2/c1-3-11-39-33(9-1)25-35-27-37(19-21-41(35)39)51-47-15-7-5-13-43(47)45-29-31(17-23-49(45)51)32-18-24-50-46(30-32)44-14-6-8-16-48(44)52(50)38-20-22-42-36(28-38)26-34-10-2-4-12-40(34)42/h1-24,27-30H,25-26H2. The molecule has 0 atom stereocenters. The predicted molar refractivity (Wildman–Crippen MR) is 217 cm³/mol. The molecule has 2 aromatic heterocycles. The maximum atomic E-state index is 2.45. The summed E-state index contributed by atoms with van der Waals surface area (Å²) in [6.45, 7) is 0. The minimum atomic E-state index is 0.986. The first kappa shape index (κ1) is 28.1. The molecule has 0 bridgehead atoms. The van der Waals surface area contributed by atoms with Gasteiger partial charge in [-0.25, -0.2) is 0 Å². The van der Waals surface area contributed by atoms with Crippen LogP contribution >= 0.6 is 0 Å². The minimum Gasteiger partial charge on any atom is -0.309 e. The summed E-state index contributed by atoms with van der Waals surface area (Å²) in [6.07, 6.45) is 1.97. The quantitative estimate of drug-likeness (QED) is 0.178. The Labute approximate surface area is 301 Å². The molecule has 0 saturated carbocycles. The van der Waals surface area contributed by atoms with Crippen molar-refractivity contribution < 1.29 is 0 Å². The fourth-order valence-electron chi connectivity index (χ4n) is 9.40. The van der Waals surface area contributed by atoms with Crippen LogP contribution in [0.2, 0.25) is 0 Å². The normalized spacial score (nSPS) is 12.8. The lowest BCUT2D eigenvalue weighted by molar-refractivity contribution is 1.16. The average molecular weight is 661 g/mol. The van der Waals surface area contributed by atoms with Crippen molar-refractivity contribution in [2.45, 2.75) is 12.8 Å². The van der Waals surface area contributed by atoms with Crippen LogP contribution in [0.4, 0.5) is 0 Å². The Morgan fingerprint density at radius 1 is 0.288 bits per heavy atom. The number of nitrogens with zero attached hydrogens (tertiary/aromatic N) is 2. The van der Waals surface area contributed by atoms with Crippen molar-refractivity contribution in [3.05, 3.63) is 192 Å². The fraction of sp³-hybridized carbons (Fsp3) is 0.0400. The smallest absolute Gasteiger partial charge is 0.0541 e. The first-order chi connectivity index (χ1) is 25.8. The number of rotatable bonds is 3. The van der Waals surface area contributed by atoms with Crippen LogP contribution in [0, 0.1) is 0 Å². The summed E-state index contributed by atoms with van der Waals surface area (Å²) < 4.78 is 4.90. The molecular weight excluding hydrogens is 629 g/mol. The number of para-hydroxylation sites is 2. The topological polar surface area (TPSA) is 9.86 Å². The Hall–Kier alpha value is -6.64. The number of hydrogen-bond acceptors (Lipinski definition) is 0. The Morgan fingerprint density at radius 2 is 0.692 bits per heavy atom. The highest BCUT2D eigenvalue weighted by Gasteiger charge is 2.22. The molecule has 10 aromatic rings. The minimum absolute atomic E-state index is 0.986. The maximum Gasteiger partial charge on any atom is 0.0541 e. The lowest BCUT2D eigenvalue weighted by Gasteiger charge is -2.11. The van der Waals surface area contributed by atoms with Gasteiger partial charge in [0.15, 0.2) is 0 Å². The Balaban J connectivity index is 0.991. The van der Waals surface area contributed by atoms with Crippen molar-refractivity contribution in [3.63, 3.8) is 0 Å². The van der Waals surface area contributed by atoms with E-state index in [1.54, 1.807) is 0 Å². The molecule has 2 nitrogen and oxygen atoms in total. The summed E-state index contributed by atoms with van der Waals surface area (Å²) in [7, 11) is 0. The molecule has 0 radical (unpaired) electrons. The predicted octanol–water partition coefficient (Wildman–Crippen LogP) is 12.7. The molecule has 2 heterocycles. The van der Waals surface area contributed by atoms with Crippen molar-refractivity contribution in [2.24, 2.45) is 0 Å². The fourth-order valence-corrected chi connectivity index (χ4v) is 9.40. The van der Waals surface area contributed by atoms with Crippen molar-refractivity contribution in [1.29, 1.82) is 0 Å². The van der Waals surface area contributed by atoms with Crippen LogP contribution in [-0.2, 0) is 12.8 Å². The molecule has 242 valence electrons. The van der Waals surface area contributed by atoms with Crippen LogP contribution in [0.1, 0.15) is 22.3 Å². The van der Waals surface area contributed by atoms with E-state index in [-0.39, 0.29) is 0 Å². The lowest BCUT2D eigenvalue weighted by atomic mass is 10.0. The molecule has 0 N–H and O–H groups in total. The van der Waals surface area contributed by atoms with Crippen molar-refractivity contribution >= 4 is 43.6 Å². The van der Waals surface area contributed by atoms with Crippen LogP contribution < -0.4 is 0 Å². The molecule has 8 aromatic carbocycles. The van der Waals surface area contributed by atoms with E-state index in [9.17, 15) is 0 Å². The maximum absolute atomic E-state index is 2.45. The van der Waals surface area contributed by atoms with E-state index < -0.39 is 0 Å². The highest BCUT2D eigenvalue weighted by atomic mass is 15.0. The van der Waals surface area contributed by atoms with Crippen molar-refractivity contribution in [3.8, 4) is 44.8 Å². The van der Waals surface area contributed by atoms with E-state index in [4.69, 9.17) is 0 Å². The van der Waals surface area contributed by atoms with E-state index in [1.165, 1.54) is 111 Å². The summed E-state index contributed by atoms with van der Waals surface area (Å²) in [4.78, 5) is 0. The van der Waals surface area contributed by atoms with Gasteiger partial charge in [-0.3, -0.25) is 0 Å². The monoisotopic (exact) mass is 660 g/mol. The van der Waals surface area contributed by atoms with Gasteiger partial charge in [0.05, 0.1) is 22.1 Å². The zero-order valence-corrected chi connectivity index (χ0v) is 28.5. The van der Waals surface area contributed by atoms with Gasteiger partial charge in [0.25, 0.3) is 0 Å². The molecule has 0 saturated heterocycles. The van der Waals surface area contributed by atoms with Gasteiger partial charge in [-0.15, -0.1) is 0 Å². The molecule has 2 heteroatoms. The molecule has 0 spiro atoms. The van der Waals surface area contributed by atoms with Crippen molar-refractivity contribution in [1.82, 2.24) is 9.13 Å². The molecule has 12 rings (SSSR count). The molecule has 52 heavy (non-hydrogen) atoms. The Kier molecular flexibility index (Phi) is 5.64. The Morgan fingerprint density at radius 3 is 1.19 bits per heavy atom. The molecule has 0 unspecified atom stereocenters. The molecule has 2 aliphatic rings. The van der Waals surface area contributed by atoms with Crippen LogP contribution in [0.25, 0.3) is 88.4 Å². The van der Waals surface area contributed by atoms with Gasteiger partial charge in [-0.1, -0.05) is 109 Å². The lowest BCUT2D eigenvalue weighted by Crippen LogP contribution is -1.95. The van der Waals surface area contributed by atoms with E-state index >= 15 is 0 Å². The van der Waals surface area contributed by atoms with Gasteiger partial charge < -0.3 is 9.13 Å². The largest absolute Gasteiger partial charge is 0.309 e. The third kappa shape index (κ3) is 3.89. The van der Waals surface area contributed by atoms with Crippen LogP contribution in [0.15, 0.2) is 170 Å². The second-order valence-electron chi connectivity index (χ2n) is 14.5. The van der Waals surface area contributed by atoms with Crippen LogP contribution in [-0.4, -0.2) is 9.13 Å². The van der Waals surface area contributed by atoms with Gasteiger partial charge in [0, 0.05) is 32.9 Å². The second-order valence-corrected chi connectivity index (χ2v) is 14.5. The van der Waals surface area contributed by atoms with E-state index in [0.29, 0.717) is 0 Å². The third-order valence-corrected chi connectivity index (χ3v) is 11.7. The van der Waals surface area contributed by atoms with Gasteiger partial charge >= 0.3 is 0 Å². The highest BCUT2D eigenvalue weighted by Crippen LogP contribution is 2.42. The Bertz CT molecular complexity index is 2920. The highest BCUT2D eigenvalue weighted by molar-refractivity contribution is 6.12. The van der Waals surface area contributed by atoms with Crippen molar-refractivity contribution in [2.75, 3.05) is 0 Å². The third-order valence-electron chi connectivity index (χ3n) is 11.7. The summed E-state index contributed by atoms with van der Waals surface area (Å²) >= 11 is 0.